The normalized spacial score (nSPS) is 17.5. The van der Waals surface area contributed by atoms with E-state index in [1.807, 2.05) is 18.2 Å². The van der Waals surface area contributed by atoms with E-state index in [2.05, 4.69) is 32.0 Å². The number of fused-ring (bicyclic) bond motifs is 2. The highest BCUT2D eigenvalue weighted by Crippen LogP contribution is 2.32. The van der Waals surface area contributed by atoms with E-state index < -0.39 is 0 Å². The number of aromatic amines is 1. The third-order valence-electron chi connectivity index (χ3n) is 3.83. The summed E-state index contributed by atoms with van der Waals surface area (Å²) in [5.74, 6) is 1.52. The molecule has 5 heteroatoms. The van der Waals surface area contributed by atoms with E-state index in [1.165, 1.54) is 0 Å². The number of H-pyrrole nitrogens is 1. The molecule has 1 aliphatic rings. The highest BCUT2D eigenvalue weighted by atomic mass is 79.9. The molecule has 106 valence electrons. The van der Waals surface area contributed by atoms with Crippen LogP contribution in [0.4, 0.5) is 4.39 Å². The maximum Gasteiger partial charge on any atom is 0.163 e. The molecule has 1 unspecified atom stereocenters. The summed E-state index contributed by atoms with van der Waals surface area (Å²) >= 11 is 3.20. The van der Waals surface area contributed by atoms with Crippen molar-refractivity contribution in [2.24, 2.45) is 0 Å². The van der Waals surface area contributed by atoms with Crippen molar-refractivity contribution in [1.29, 1.82) is 0 Å². The summed E-state index contributed by atoms with van der Waals surface area (Å²) in [5, 5.41) is 0. The van der Waals surface area contributed by atoms with Gasteiger partial charge in [0.05, 0.1) is 22.5 Å². The summed E-state index contributed by atoms with van der Waals surface area (Å²) < 4.78 is 20.3. The molecular weight excluding hydrogens is 335 g/mol. The fraction of sp³-hybridized carbons (Fsp3) is 0.188. The zero-order chi connectivity index (χ0) is 14.4. The number of imidazole rings is 1. The van der Waals surface area contributed by atoms with Gasteiger partial charge in [0, 0.05) is 0 Å². The minimum absolute atomic E-state index is 0.116. The number of nitrogens with zero attached hydrogens (tertiary/aromatic N) is 1. The van der Waals surface area contributed by atoms with Crippen LogP contribution in [0, 0.1) is 5.82 Å². The molecule has 0 amide bonds. The van der Waals surface area contributed by atoms with Gasteiger partial charge in [-0.1, -0.05) is 18.2 Å². The fourth-order valence-corrected chi connectivity index (χ4v) is 3.07. The Morgan fingerprint density at radius 3 is 3.00 bits per heavy atom. The van der Waals surface area contributed by atoms with Crippen LogP contribution >= 0.6 is 15.9 Å². The predicted molar refractivity (Wildman–Crippen MR) is 82.1 cm³/mol. The Balaban J connectivity index is 1.73. The van der Waals surface area contributed by atoms with Gasteiger partial charge in [-0.05, 0) is 46.1 Å². The van der Waals surface area contributed by atoms with Crippen molar-refractivity contribution in [2.75, 3.05) is 6.61 Å². The van der Waals surface area contributed by atoms with Crippen LogP contribution in [0.1, 0.15) is 17.3 Å². The van der Waals surface area contributed by atoms with Crippen LogP contribution in [0.5, 0.6) is 5.75 Å². The molecule has 0 saturated carbocycles. The molecule has 1 atom stereocenters. The fourth-order valence-electron chi connectivity index (χ4n) is 2.74. The Kier molecular flexibility index (Phi) is 2.96. The first-order valence-corrected chi connectivity index (χ1v) is 7.56. The van der Waals surface area contributed by atoms with Crippen LogP contribution in [0.2, 0.25) is 0 Å². The molecule has 2 heterocycles. The number of nitrogens with one attached hydrogen (secondary N) is 1. The van der Waals surface area contributed by atoms with Crippen LogP contribution in [0.15, 0.2) is 40.9 Å². The predicted octanol–water partition coefficient (Wildman–Crippen LogP) is 4.18. The van der Waals surface area contributed by atoms with Gasteiger partial charge in [0.1, 0.15) is 17.1 Å². The van der Waals surface area contributed by atoms with Gasteiger partial charge in [0.25, 0.3) is 0 Å². The molecule has 3 nitrogen and oxygen atoms in total. The van der Waals surface area contributed by atoms with Gasteiger partial charge >= 0.3 is 0 Å². The van der Waals surface area contributed by atoms with Gasteiger partial charge in [-0.2, -0.15) is 0 Å². The molecule has 0 saturated heterocycles. The van der Waals surface area contributed by atoms with Gasteiger partial charge in [0.2, 0.25) is 0 Å². The highest BCUT2D eigenvalue weighted by molar-refractivity contribution is 9.10. The van der Waals surface area contributed by atoms with Crippen LogP contribution in [0.3, 0.4) is 0 Å². The van der Waals surface area contributed by atoms with Crippen LogP contribution in [-0.2, 0) is 6.42 Å². The van der Waals surface area contributed by atoms with Crippen LogP contribution in [-0.4, -0.2) is 16.6 Å². The summed E-state index contributed by atoms with van der Waals surface area (Å²) in [7, 11) is 0. The largest absolute Gasteiger partial charge is 0.493 e. The van der Waals surface area contributed by atoms with Crippen molar-refractivity contribution in [3.63, 3.8) is 0 Å². The molecule has 21 heavy (non-hydrogen) atoms. The number of halogens is 2. The molecule has 4 rings (SSSR count). The van der Waals surface area contributed by atoms with Gasteiger partial charge in [0.15, 0.2) is 5.82 Å². The van der Waals surface area contributed by atoms with Gasteiger partial charge in [-0.3, -0.25) is 0 Å². The summed E-state index contributed by atoms with van der Waals surface area (Å²) in [6, 6.07) is 11.5. The molecule has 2 aromatic carbocycles. The maximum atomic E-state index is 14.1. The molecule has 0 fully saturated rings. The van der Waals surface area contributed by atoms with E-state index in [-0.39, 0.29) is 11.7 Å². The Morgan fingerprint density at radius 2 is 2.10 bits per heavy atom. The SMILES string of the molecule is Fc1c(Br)ccc2nc(C3COc4ccccc4C3)[nH]c12. The molecule has 0 spiro atoms. The third-order valence-corrected chi connectivity index (χ3v) is 4.44. The number of ether oxygens (including phenoxy) is 1. The number of rotatable bonds is 1. The van der Waals surface area contributed by atoms with Crippen molar-refractivity contribution in [3.05, 3.63) is 58.1 Å². The second-order valence-corrected chi connectivity index (χ2v) is 6.05. The highest BCUT2D eigenvalue weighted by Gasteiger charge is 2.24. The standard InChI is InChI=1S/C16H12BrFN2O/c17-11-5-6-12-15(14(11)18)20-16(19-12)10-7-9-3-1-2-4-13(9)21-8-10/h1-6,10H,7-8H2,(H,19,20). The van der Waals surface area contributed by atoms with Crippen molar-refractivity contribution in [2.45, 2.75) is 12.3 Å². The minimum atomic E-state index is -0.302. The van der Waals surface area contributed by atoms with Gasteiger partial charge in [-0.15, -0.1) is 0 Å². The lowest BCUT2D eigenvalue weighted by atomic mass is 9.96. The van der Waals surface area contributed by atoms with Crippen molar-refractivity contribution < 1.29 is 9.13 Å². The van der Waals surface area contributed by atoms with E-state index in [1.54, 1.807) is 12.1 Å². The number of hydrogen-bond acceptors (Lipinski definition) is 2. The lowest BCUT2D eigenvalue weighted by Gasteiger charge is -2.23. The van der Waals surface area contributed by atoms with E-state index in [0.717, 1.165) is 23.6 Å². The average Bonchev–Trinajstić information content (AvgIpc) is 2.95. The van der Waals surface area contributed by atoms with E-state index in [9.17, 15) is 4.39 Å². The second kappa shape index (κ2) is 4.84. The van der Waals surface area contributed by atoms with E-state index in [4.69, 9.17) is 4.74 Å². The van der Waals surface area contributed by atoms with E-state index >= 15 is 0 Å². The summed E-state index contributed by atoms with van der Waals surface area (Å²) in [6.07, 6.45) is 0.846. The molecule has 3 aromatic rings. The van der Waals surface area contributed by atoms with Crippen LogP contribution in [0.25, 0.3) is 11.0 Å². The van der Waals surface area contributed by atoms with Crippen molar-refractivity contribution in [1.82, 2.24) is 9.97 Å². The molecule has 0 bridgehead atoms. The maximum absolute atomic E-state index is 14.1. The minimum Gasteiger partial charge on any atom is -0.493 e. The molecule has 1 aromatic heterocycles. The average molecular weight is 347 g/mol. The first kappa shape index (κ1) is 12.8. The quantitative estimate of drug-likeness (QED) is 0.717. The first-order chi connectivity index (χ1) is 10.2. The van der Waals surface area contributed by atoms with Crippen LogP contribution < -0.4 is 4.74 Å². The van der Waals surface area contributed by atoms with Crippen molar-refractivity contribution in [3.8, 4) is 5.75 Å². The molecular formula is C16H12BrFN2O. The smallest absolute Gasteiger partial charge is 0.163 e. The Labute approximate surface area is 129 Å². The number of para-hydroxylation sites is 1. The molecule has 0 radical (unpaired) electrons. The van der Waals surface area contributed by atoms with Crippen molar-refractivity contribution >= 4 is 27.0 Å². The lowest BCUT2D eigenvalue weighted by molar-refractivity contribution is 0.258. The third kappa shape index (κ3) is 2.12. The number of hydrogen-bond donors (Lipinski definition) is 1. The second-order valence-electron chi connectivity index (χ2n) is 5.20. The molecule has 1 aliphatic heterocycles. The Bertz CT molecular complexity index is 830. The van der Waals surface area contributed by atoms with Gasteiger partial charge in [-0.25, -0.2) is 9.37 Å². The monoisotopic (exact) mass is 346 g/mol. The number of aromatic nitrogens is 2. The zero-order valence-corrected chi connectivity index (χ0v) is 12.7. The topological polar surface area (TPSA) is 37.9 Å². The first-order valence-electron chi connectivity index (χ1n) is 6.76. The zero-order valence-electron chi connectivity index (χ0n) is 11.1. The molecule has 0 aliphatic carbocycles. The number of benzene rings is 2. The Morgan fingerprint density at radius 1 is 1.24 bits per heavy atom. The van der Waals surface area contributed by atoms with Gasteiger partial charge < -0.3 is 9.72 Å². The summed E-state index contributed by atoms with van der Waals surface area (Å²) in [6.45, 7) is 0.555. The summed E-state index contributed by atoms with van der Waals surface area (Å²) in [5.41, 5.74) is 2.25. The van der Waals surface area contributed by atoms with E-state index in [0.29, 0.717) is 22.1 Å². The lowest BCUT2D eigenvalue weighted by Crippen LogP contribution is -2.20. The molecule has 1 N–H and O–H groups in total. The Hall–Kier alpha value is -1.88. The summed E-state index contributed by atoms with van der Waals surface area (Å²) in [4.78, 5) is 7.62.